The molecule has 0 saturated heterocycles. The van der Waals surface area contributed by atoms with Gasteiger partial charge in [0, 0.05) is 0 Å². The fraction of sp³-hybridized carbons (Fsp3) is 0.727. The van der Waals surface area contributed by atoms with Crippen molar-refractivity contribution < 1.29 is 5.11 Å². The third kappa shape index (κ3) is 7.90. The van der Waals surface area contributed by atoms with Gasteiger partial charge in [0.05, 0.1) is 0 Å². The van der Waals surface area contributed by atoms with Crippen molar-refractivity contribution in [2.75, 3.05) is 0 Å². The summed E-state index contributed by atoms with van der Waals surface area (Å²) in [5, 5.41) is 10.5. The van der Waals surface area contributed by atoms with Crippen molar-refractivity contribution >= 4 is 0 Å². The van der Waals surface area contributed by atoms with E-state index in [1.165, 1.54) is 87.3 Å². The molecule has 1 aromatic rings. The molecule has 0 aliphatic rings. The Hall–Kier alpha value is -0.980. The SMILES string of the molecule is CCCCCCCCc1cc(CCCC)c(O)c(CCCC)c1. The number of hydrogen-bond acceptors (Lipinski definition) is 1. The zero-order valence-corrected chi connectivity index (χ0v) is 15.8. The Balaban J connectivity index is 2.64. The fourth-order valence-electron chi connectivity index (χ4n) is 3.20. The van der Waals surface area contributed by atoms with Crippen LogP contribution in [-0.4, -0.2) is 5.11 Å². The highest BCUT2D eigenvalue weighted by Gasteiger charge is 2.10. The Morgan fingerprint density at radius 1 is 0.609 bits per heavy atom. The molecular weight excluding hydrogens is 280 g/mol. The van der Waals surface area contributed by atoms with Crippen molar-refractivity contribution in [3.63, 3.8) is 0 Å². The van der Waals surface area contributed by atoms with Crippen LogP contribution in [-0.2, 0) is 19.3 Å². The van der Waals surface area contributed by atoms with E-state index in [2.05, 4.69) is 32.9 Å². The average molecular weight is 319 g/mol. The summed E-state index contributed by atoms with van der Waals surface area (Å²) >= 11 is 0. The van der Waals surface area contributed by atoms with Crippen LogP contribution in [0.2, 0.25) is 0 Å². The number of phenolic OH excluding ortho intramolecular Hbond substituents is 1. The highest BCUT2D eigenvalue weighted by atomic mass is 16.3. The van der Waals surface area contributed by atoms with Crippen molar-refractivity contribution in [1.82, 2.24) is 0 Å². The summed E-state index contributed by atoms with van der Waals surface area (Å²) in [5.74, 6) is 0.582. The second kappa shape index (κ2) is 12.4. The van der Waals surface area contributed by atoms with Gasteiger partial charge in [-0.3, -0.25) is 0 Å². The normalized spacial score (nSPS) is 11.1. The first-order valence-corrected chi connectivity index (χ1v) is 10.1. The van der Waals surface area contributed by atoms with E-state index in [9.17, 15) is 5.11 Å². The van der Waals surface area contributed by atoms with Crippen LogP contribution in [0.25, 0.3) is 0 Å². The highest BCUT2D eigenvalue weighted by molar-refractivity contribution is 5.44. The Labute approximate surface area is 144 Å². The summed E-state index contributed by atoms with van der Waals surface area (Å²) in [5.41, 5.74) is 3.80. The smallest absolute Gasteiger partial charge is 0.121 e. The van der Waals surface area contributed by atoms with Crippen LogP contribution in [0.5, 0.6) is 5.75 Å². The average Bonchev–Trinajstić information content (AvgIpc) is 2.56. The van der Waals surface area contributed by atoms with E-state index < -0.39 is 0 Å². The molecule has 23 heavy (non-hydrogen) atoms. The Morgan fingerprint density at radius 3 is 1.61 bits per heavy atom. The lowest BCUT2D eigenvalue weighted by Crippen LogP contribution is -1.97. The minimum absolute atomic E-state index is 0.582. The van der Waals surface area contributed by atoms with Crippen LogP contribution in [0.3, 0.4) is 0 Å². The summed E-state index contributed by atoms with van der Waals surface area (Å²) in [6.07, 6.45) is 16.0. The van der Waals surface area contributed by atoms with Gasteiger partial charge >= 0.3 is 0 Å². The molecule has 0 aliphatic heterocycles. The van der Waals surface area contributed by atoms with Gasteiger partial charge in [-0.1, -0.05) is 77.8 Å². The molecule has 0 aliphatic carbocycles. The van der Waals surface area contributed by atoms with Gasteiger partial charge in [-0.25, -0.2) is 0 Å². The van der Waals surface area contributed by atoms with Crippen LogP contribution < -0.4 is 0 Å². The number of aryl methyl sites for hydroxylation is 3. The van der Waals surface area contributed by atoms with Gasteiger partial charge in [-0.15, -0.1) is 0 Å². The number of hydrogen-bond donors (Lipinski definition) is 1. The monoisotopic (exact) mass is 318 g/mol. The third-order valence-electron chi connectivity index (χ3n) is 4.75. The van der Waals surface area contributed by atoms with Crippen molar-refractivity contribution in [2.24, 2.45) is 0 Å². The molecule has 132 valence electrons. The van der Waals surface area contributed by atoms with Crippen molar-refractivity contribution in [3.8, 4) is 5.75 Å². The molecule has 1 aromatic carbocycles. The lowest BCUT2D eigenvalue weighted by Gasteiger charge is -2.13. The van der Waals surface area contributed by atoms with E-state index in [-0.39, 0.29) is 0 Å². The van der Waals surface area contributed by atoms with Crippen LogP contribution in [0, 0.1) is 0 Å². The lowest BCUT2D eigenvalue weighted by atomic mass is 9.94. The molecule has 0 atom stereocenters. The van der Waals surface area contributed by atoms with Gasteiger partial charge < -0.3 is 5.11 Å². The number of rotatable bonds is 13. The first-order chi connectivity index (χ1) is 11.2. The van der Waals surface area contributed by atoms with Crippen LogP contribution >= 0.6 is 0 Å². The predicted octanol–water partition coefficient (Wildman–Crippen LogP) is 6.98. The second-order valence-corrected chi connectivity index (χ2v) is 6.99. The first kappa shape index (κ1) is 20.1. The van der Waals surface area contributed by atoms with Crippen LogP contribution in [0.4, 0.5) is 0 Å². The zero-order valence-electron chi connectivity index (χ0n) is 15.8. The summed E-state index contributed by atoms with van der Waals surface area (Å²) in [6, 6.07) is 4.54. The number of aromatic hydroxyl groups is 1. The minimum atomic E-state index is 0.582. The summed E-state index contributed by atoms with van der Waals surface area (Å²) in [6.45, 7) is 6.70. The fourth-order valence-corrected chi connectivity index (χ4v) is 3.20. The van der Waals surface area contributed by atoms with E-state index >= 15 is 0 Å². The number of benzene rings is 1. The largest absolute Gasteiger partial charge is 0.507 e. The van der Waals surface area contributed by atoms with Crippen molar-refractivity contribution in [1.29, 1.82) is 0 Å². The molecule has 0 bridgehead atoms. The van der Waals surface area contributed by atoms with E-state index in [0.29, 0.717) is 5.75 Å². The first-order valence-electron chi connectivity index (χ1n) is 10.1. The maximum Gasteiger partial charge on any atom is 0.121 e. The topological polar surface area (TPSA) is 20.2 Å². The van der Waals surface area contributed by atoms with Crippen LogP contribution in [0.15, 0.2) is 12.1 Å². The van der Waals surface area contributed by atoms with Gasteiger partial charge in [0.25, 0.3) is 0 Å². The molecule has 0 spiro atoms. The second-order valence-electron chi connectivity index (χ2n) is 6.99. The van der Waals surface area contributed by atoms with E-state index in [0.717, 1.165) is 12.8 Å². The maximum absolute atomic E-state index is 10.5. The van der Waals surface area contributed by atoms with Gasteiger partial charge in [-0.2, -0.15) is 0 Å². The minimum Gasteiger partial charge on any atom is -0.507 e. The Kier molecular flexibility index (Phi) is 10.9. The quantitative estimate of drug-likeness (QED) is 0.389. The van der Waals surface area contributed by atoms with E-state index in [1.807, 2.05) is 0 Å². The van der Waals surface area contributed by atoms with Gasteiger partial charge in [0.2, 0.25) is 0 Å². The van der Waals surface area contributed by atoms with E-state index in [1.54, 1.807) is 0 Å². The maximum atomic E-state index is 10.5. The molecule has 0 amide bonds. The molecule has 0 saturated carbocycles. The van der Waals surface area contributed by atoms with Crippen molar-refractivity contribution in [2.45, 2.75) is 104 Å². The van der Waals surface area contributed by atoms with Gasteiger partial charge in [-0.05, 0) is 55.2 Å². The molecule has 0 aromatic heterocycles. The molecule has 1 nitrogen and oxygen atoms in total. The number of phenols is 1. The molecular formula is C22H38O. The van der Waals surface area contributed by atoms with Crippen molar-refractivity contribution in [3.05, 3.63) is 28.8 Å². The molecule has 0 heterocycles. The Bertz CT molecular complexity index is 393. The van der Waals surface area contributed by atoms with Gasteiger partial charge in [0.15, 0.2) is 0 Å². The predicted molar refractivity (Wildman–Crippen MR) is 102 cm³/mol. The van der Waals surface area contributed by atoms with Crippen LogP contribution in [0.1, 0.15) is 102 Å². The summed E-state index contributed by atoms with van der Waals surface area (Å²) < 4.78 is 0. The molecule has 1 heteroatoms. The lowest BCUT2D eigenvalue weighted by molar-refractivity contribution is 0.458. The molecule has 1 rings (SSSR count). The zero-order chi connectivity index (χ0) is 16.9. The third-order valence-corrected chi connectivity index (χ3v) is 4.75. The Morgan fingerprint density at radius 2 is 1.09 bits per heavy atom. The summed E-state index contributed by atoms with van der Waals surface area (Å²) in [7, 11) is 0. The van der Waals surface area contributed by atoms with Gasteiger partial charge in [0.1, 0.15) is 5.75 Å². The summed E-state index contributed by atoms with van der Waals surface area (Å²) in [4.78, 5) is 0. The molecule has 0 fully saturated rings. The molecule has 0 radical (unpaired) electrons. The number of unbranched alkanes of at least 4 members (excludes halogenated alkanes) is 7. The highest BCUT2D eigenvalue weighted by Crippen LogP contribution is 2.28. The molecule has 1 N–H and O–H groups in total. The molecule has 0 unspecified atom stereocenters. The van der Waals surface area contributed by atoms with E-state index in [4.69, 9.17) is 0 Å². The standard InChI is InChI=1S/C22H38O/c1-4-7-10-11-12-13-14-19-17-20(15-8-5-2)22(23)21(18-19)16-9-6-3/h17-18,23H,4-16H2,1-3H3.